The molecule has 1 saturated heterocycles. The minimum Gasteiger partial charge on any atom is -0.304 e. The van der Waals surface area contributed by atoms with E-state index in [-0.39, 0.29) is 11.8 Å². The fourth-order valence-corrected chi connectivity index (χ4v) is 6.74. The summed E-state index contributed by atoms with van der Waals surface area (Å²) in [7, 11) is -1.52. The summed E-state index contributed by atoms with van der Waals surface area (Å²) >= 11 is 1.42. The molecular weight excluding hydrogens is 444 g/mol. The molecule has 1 amide bonds. The number of nitrogens with zero attached hydrogens (tertiary/aromatic N) is 3. The highest BCUT2D eigenvalue weighted by atomic mass is 32.2. The second-order valence-corrected chi connectivity index (χ2v) is 11.8. The van der Waals surface area contributed by atoms with Crippen LogP contribution in [-0.2, 0) is 14.8 Å². The Morgan fingerprint density at radius 1 is 1.16 bits per heavy atom. The van der Waals surface area contributed by atoms with E-state index >= 15 is 0 Å². The van der Waals surface area contributed by atoms with Crippen LogP contribution in [0.4, 0.5) is 5.13 Å². The minimum atomic E-state index is -3.52. The van der Waals surface area contributed by atoms with Crippen molar-refractivity contribution in [3.8, 4) is 0 Å². The molecule has 1 aliphatic heterocycles. The maximum atomic E-state index is 13.2. The average molecular weight is 477 g/mol. The average Bonchev–Trinajstić information content (AvgIpc) is 3.44. The van der Waals surface area contributed by atoms with Crippen LogP contribution in [0.3, 0.4) is 0 Å². The molecule has 1 atom stereocenters. The highest BCUT2D eigenvalue weighted by molar-refractivity contribution is 7.89. The predicted octanol–water partition coefficient (Wildman–Crippen LogP) is 3.69. The Balaban J connectivity index is 1.53. The van der Waals surface area contributed by atoms with Gasteiger partial charge >= 0.3 is 0 Å². The van der Waals surface area contributed by atoms with Gasteiger partial charge in [-0.25, -0.2) is 13.4 Å². The first-order chi connectivity index (χ1) is 15.3. The smallest absolute Gasteiger partial charge is 0.243 e. The van der Waals surface area contributed by atoms with Crippen molar-refractivity contribution in [3.05, 3.63) is 40.9 Å². The molecule has 2 aromatic rings. The molecule has 174 valence electrons. The molecule has 1 aromatic carbocycles. The fourth-order valence-electron chi connectivity index (χ4n) is 4.63. The summed E-state index contributed by atoms with van der Waals surface area (Å²) in [5.74, 6) is 0.140. The van der Waals surface area contributed by atoms with Gasteiger partial charge in [0.05, 0.1) is 16.5 Å². The van der Waals surface area contributed by atoms with Gasteiger partial charge in [-0.15, -0.1) is 11.3 Å². The van der Waals surface area contributed by atoms with Crippen LogP contribution in [0.15, 0.2) is 34.5 Å². The molecular formula is C23H32N4O3S2. The lowest BCUT2D eigenvalue weighted by Crippen LogP contribution is -2.47. The zero-order chi connectivity index (χ0) is 22.7. The second-order valence-electron chi connectivity index (χ2n) is 9.00. The largest absolute Gasteiger partial charge is 0.304 e. The van der Waals surface area contributed by atoms with E-state index in [2.05, 4.69) is 15.2 Å². The van der Waals surface area contributed by atoms with Gasteiger partial charge in [-0.2, -0.15) is 4.31 Å². The third-order valence-corrected chi connectivity index (χ3v) is 9.38. The summed E-state index contributed by atoms with van der Waals surface area (Å²) in [6, 6.07) is 6.95. The van der Waals surface area contributed by atoms with Crippen LogP contribution in [0.1, 0.15) is 49.3 Å². The third-order valence-electron chi connectivity index (χ3n) is 6.59. The number of nitrogens with one attached hydrogen (secondary N) is 1. The van der Waals surface area contributed by atoms with E-state index < -0.39 is 10.0 Å². The van der Waals surface area contributed by atoms with Crippen molar-refractivity contribution >= 4 is 32.4 Å². The summed E-state index contributed by atoms with van der Waals surface area (Å²) in [6.07, 6.45) is 5.51. The van der Waals surface area contributed by atoms with Crippen molar-refractivity contribution in [2.75, 3.05) is 38.5 Å². The number of anilines is 1. The Hall–Kier alpha value is -1.81. The number of hydrogen-bond acceptors (Lipinski definition) is 6. The zero-order valence-corrected chi connectivity index (χ0v) is 20.4. The first-order valence-corrected chi connectivity index (χ1v) is 13.7. The van der Waals surface area contributed by atoms with Crippen LogP contribution in [0.2, 0.25) is 0 Å². The number of sulfonamides is 1. The lowest BCUT2D eigenvalue weighted by atomic mass is 9.87. The number of thiazole rings is 1. The Morgan fingerprint density at radius 2 is 1.81 bits per heavy atom. The number of carbonyl (C=O) groups excluding carboxylic acids is 1. The maximum absolute atomic E-state index is 13.2. The monoisotopic (exact) mass is 476 g/mol. The molecule has 32 heavy (non-hydrogen) atoms. The van der Waals surface area contributed by atoms with Crippen molar-refractivity contribution in [2.45, 2.75) is 49.8 Å². The number of benzene rings is 1. The maximum Gasteiger partial charge on any atom is 0.243 e. The van der Waals surface area contributed by atoms with Gasteiger partial charge in [0.25, 0.3) is 0 Å². The second kappa shape index (κ2) is 9.99. The van der Waals surface area contributed by atoms with Crippen molar-refractivity contribution in [1.29, 1.82) is 0 Å². The number of aryl methyl sites for hydroxylation is 1. The Bertz CT molecular complexity index is 1020. The van der Waals surface area contributed by atoms with E-state index in [0.29, 0.717) is 29.0 Å². The molecule has 0 spiro atoms. The number of likely N-dealkylation sites (N-methyl/N-ethyl adjacent to an activating group) is 1. The number of amides is 1. The molecule has 7 nitrogen and oxygen atoms in total. The van der Waals surface area contributed by atoms with Gasteiger partial charge in [0.1, 0.15) is 0 Å². The van der Waals surface area contributed by atoms with Crippen LogP contribution >= 0.6 is 11.3 Å². The number of rotatable bonds is 7. The summed E-state index contributed by atoms with van der Waals surface area (Å²) in [6.45, 7) is 4.37. The molecule has 1 aromatic heterocycles. The van der Waals surface area contributed by atoms with Gasteiger partial charge in [-0.1, -0.05) is 37.8 Å². The lowest BCUT2D eigenvalue weighted by molar-refractivity contribution is -0.118. The molecule has 1 N–H and O–H groups in total. The van der Waals surface area contributed by atoms with Gasteiger partial charge in [0.2, 0.25) is 15.9 Å². The topological polar surface area (TPSA) is 82.6 Å². The molecule has 4 rings (SSSR count). The number of piperazine rings is 1. The summed E-state index contributed by atoms with van der Waals surface area (Å²) in [5.41, 5.74) is 1.75. The normalized spacial score (nSPS) is 19.8. The SMILES string of the molecule is Cc1csc(NC(=O)[C@H](CC2CCCC2)c2ccc(S(=O)(=O)N3CCN(C)CC3)cc2)n1. The zero-order valence-electron chi connectivity index (χ0n) is 18.8. The minimum absolute atomic E-state index is 0.0686. The number of hydrogen-bond donors (Lipinski definition) is 1. The summed E-state index contributed by atoms with van der Waals surface area (Å²) < 4.78 is 27.7. The van der Waals surface area contributed by atoms with Crippen LogP contribution in [0, 0.1) is 12.8 Å². The molecule has 0 bridgehead atoms. The van der Waals surface area contributed by atoms with Gasteiger partial charge < -0.3 is 10.2 Å². The van der Waals surface area contributed by atoms with Crippen molar-refractivity contribution < 1.29 is 13.2 Å². The molecule has 9 heteroatoms. The highest BCUT2D eigenvalue weighted by Crippen LogP contribution is 2.35. The Labute approximate surface area is 194 Å². The molecule has 1 aliphatic carbocycles. The van der Waals surface area contributed by atoms with Crippen LogP contribution in [0.5, 0.6) is 0 Å². The van der Waals surface area contributed by atoms with Crippen molar-refractivity contribution in [2.24, 2.45) is 5.92 Å². The van der Waals surface area contributed by atoms with Gasteiger partial charge in [0, 0.05) is 31.6 Å². The van der Waals surface area contributed by atoms with E-state index in [0.717, 1.165) is 43.6 Å². The van der Waals surface area contributed by atoms with Crippen molar-refractivity contribution in [3.63, 3.8) is 0 Å². The fraction of sp³-hybridized carbons (Fsp3) is 0.565. The van der Waals surface area contributed by atoms with E-state index in [1.807, 2.05) is 31.5 Å². The number of aromatic nitrogens is 1. The van der Waals surface area contributed by atoms with Crippen LogP contribution in [-0.4, -0.2) is 61.7 Å². The molecule has 1 saturated carbocycles. The molecule has 2 aliphatic rings. The van der Waals surface area contributed by atoms with Gasteiger partial charge in [0.15, 0.2) is 5.13 Å². The lowest BCUT2D eigenvalue weighted by Gasteiger charge is -2.31. The van der Waals surface area contributed by atoms with Gasteiger partial charge in [-0.3, -0.25) is 4.79 Å². The third kappa shape index (κ3) is 5.39. The highest BCUT2D eigenvalue weighted by Gasteiger charge is 2.30. The molecule has 0 unspecified atom stereocenters. The van der Waals surface area contributed by atoms with Gasteiger partial charge in [-0.05, 0) is 44.0 Å². The first kappa shape index (κ1) is 23.4. The molecule has 0 radical (unpaired) electrons. The molecule has 2 fully saturated rings. The van der Waals surface area contributed by atoms with Crippen molar-refractivity contribution in [1.82, 2.24) is 14.2 Å². The molecule has 2 heterocycles. The van der Waals surface area contributed by atoms with E-state index in [4.69, 9.17) is 0 Å². The van der Waals surface area contributed by atoms with E-state index in [9.17, 15) is 13.2 Å². The van der Waals surface area contributed by atoms with E-state index in [1.165, 1.54) is 24.2 Å². The number of carbonyl (C=O) groups is 1. The summed E-state index contributed by atoms with van der Waals surface area (Å²) in [4.78, 5) is 20.0. The standard InChI is InChI=1S/C23H32N4O3S2/c1-17-16-31-23(24-17)25-22(28)21(15-18-5-3-4-6-18)19-7-9-20(10-8-19)32(29,30)27-13-11-26(2)12-14-27/h7-10,16,18,21H,3-6,11-15H2,1-2H3,(H,24,25,28)/t21-/m1/s1. The Kier molecular flexibility index (Phi) is 7.29. The van der Waals surface area contributed by atoms with Crippen LogP contribution < -0.4 is 5.32 Å². The first-order valence-electron chi connectivity index (χ1n) is 11.3. The predicted molar refractivity (Wildman–Crippen MR) is 127 cm³/mol. The quantitative estimate of drug-likeness (QED) is 0.659. The van der Waals surface area contributed by atoms with Crippen LogP contribution in [0.25, 0.3) is 0 Å². The Morgan fingerprint density at radius 3 is 2.41 bits per heavy atom. The summed E-state index contributed by atoms with van der Waals surface area (Å²) in [5, 5.41) is 5.50. The van der Waals surface area contributed by atoms with E-state index in [1.54, 1.807) is 16.4 Å².